The van der Waals surface area contributed by atoms with E-state index < -0.39 is 0 Å². The van der Waals surface area contributed by atoms with Crippen molar-refractivity contribution in [1.29, 1.82) is 0 Å². The lowest BCUT2D eigenvalue weighted by molar-refractivity contribution is 0.460. The fourth-order valence-corrected chi connectivity index (χ4v) is 3.34. The van der Waals surface area contributed by atoms with Gasteiger partial charge in [0.25, 0.3) is 0 Å². The second kappa shape index (κ2) is 5.19. The largest absolute Gasteiger partial charge is 0.312 e. The molecule has 1 N–H and O–H groups in total. The first kappa shape index (κ1) is 13.6. The summed E-state index contributed by atoms with van der Waals surface area (Å²) in [5.41, 5.74) is 2.17. The van der Waals surface area contributed by atoms with Crippen molar-refractivity contribution in [2.45, 2.75) is 24.3 Å². The quantitative estimate of drug-likeness (QED) is 0.875. The zero-order valence-corrected chi connectivity index (χ0v) is 12.1. The lowest BCUT2D eigenvalue weighted by Crippen LogP contribution is -2.30. The van der Waals surface area contributed by atoms with Crippen LogP contribution < -0.4 is 5.32 Å². The molecule has 0 spiro atoms. The van der Waals surface area contributed by atoms with E-state index in [-0.39, 0.29) is 17.3 Å². The van der Waals surface area contributed by atoms with Crippen LogP contribution in [0.5, 0.6) is 0 Å². The molecule has 0 saturated heterocycles. The molecule has 20 heavy (non-hydrogen) atoms. The fraction of sp³-hybridized carbons (Fsp3) is 0.294. The summed E-state index contributed by atoms with van der Waals surface area (Å²) in [6.07, 6.45) is 2.19. The molecule has 3 rings (SSSR count). The van der Waals surface area contributed by atoms with Gasteiger partial charge in [-0.15, -0.1) is 0 Å². The van der Waals surface area contributed by atoms with Gasteiger partial charge in [-0.3, -0.25) is 0 Å². The summed E-state index contributed by atoms with van der Waals surface area (Å²) in [5, 5.41) is 3.96. The van der Waals surface area contributed by atoms with E-state index in [1.165, 1.54) is 11.6 Å². The number of hydrogen-bond acceptors (Lipinski definition) is 1. The SMILES string of the molecule is CNC(c1cc(F)ccc1Cl)C1(c2ccccc2)CC1. The van der Waals surface area contributed by atoms with Crippen molar-refractivity contribution in [3.05, 3.63) is 70.5 Å². The predicted molar refractivity (Wildman–Crippen MR) is 80.6 cm³/mol. The molecule has 1 nitrogen and oxygen atoms in total. The number of benzene rings is 2. The summed E-state index contributed by atoms with van der Waals surface area (Å²) in [5.74, 6) is -0.242. The van der Waals surface area contributed by atoms with E-state index >= 15 is 0 Å². The second-order valence-electron chi connectivity index (χ2n) is 5.41. The molecule has 2 aromatic carbocycles. The van der Waals surface area contributed by atoms with Crippen LogP contribution in [0.25, 0.3) is 0 Å². The molecule has 1 fully saturated rings. The Bertz CT molecular complexity index is 608. The van der Waals surface area contributed by atoms with Crippen molar-refractivity contribution in [3.63, 3.8) is 0 Å². The highest BCUT2D eigenvalue weighted by atomic mass is 35.5. The highest BCUT2D eigenvalue weighted by molar-refractivity contribution is 6.31. The van der Waals surface area contributed by atoms with Gasteiger partial charge in [-0.2, -0.15) is 0 Å². The monoisotopic (exact) mass is 289 g/mol. The van der Waals surface area contributed by atoms with E-state index in [1.807, 2.05) is 13.1 Å². The summed E-state index contributed by atoms with van der Waals surface area (Å²) in [6, 6.07) is 15.0. The van der Waals surface area contributed by atoms with Crippen LogP contribution in [0.4, 0.5) is 4.39 Å². The Kier molecular flexibility index (Phi) is 3.53. The molecule has 0 aliphatic heterocycles. The highest BCUT2D eigenvalue weighted by Crippen LogP contribution is 2.57. The molecule has 3 heteroatoms. The number of halogens is 2. The summed E-state index contributed by atoms with van der Waals surface area (Å²) < 4.78 is 13.6. The zero-order chi connectivity index (χ0) is 14.2. The van der Waals surface area contributed by atoms with Crippen molar-refractivity contribution >= 4 is 11.6 Å². The van der Waals surface area contributed by atoms with Gasteiger partial charge in [0.15, 0.2) is 0 Å². The van der Waals surface area contributed by atoms with E-state index in [0.29, 0.717) is 5.02 Å². The summed E-state index contributed by atoms with van der Waals surface area (Å²) in [4.78, 5) is 0. The normalized spacial score (nSPS) is 17.8. The average Bonchev–Trinajstić information content (AvgIpc) is 3.26. The Morgan fingerprint density at radius 2 is 1.85 bits per heavy atom. The molecule has 1 saturated carbocycles. The van der Waals surface area contributed by atoms with Crippen LogP contribution in [0.2, 0.25) is 5.02 Å². The van der Waals surface area contributed by atoms with Gasteiger partial charge in [-0.25, -0.2) is 4.39 Å². The maximum absolute atomic E-state index is 13.6. The lowest BCUT2D eigenvalue weighted by Gasteiger charge is -2.28. The highest BCUT2D eigenvalue weighted by Gasteiger charge is 2.51. The van der Waals surface area contributed by atoms with Gasteiger partial charge in [0.1, 0.15) is 5.82 Å². The molecular formula is C17H17ClFN. The molecule has 0 radical (unpaired) electrons. The van der Waals surface area contributed by atoms with Crippen LogP contribution in [0.15, 0.2) is 48.5 Å². The third kappa shape index (κ3) is 2.23. The standard InChI is InChI=1S/C17H17ClFN/c1-20-16(14-11-13(19)7-8-15(14)18)17(9-10-17)12-5-3-2-4-6-12/h2-8,11,16,20H,9-10H2,1H3. The van der Waals surface area contributed by atoms with E-state index in [9.17, 15) is 4.39 Å². The molecule has 104 valence electrons. The number of likely N-dealkylation sites (N-methyl/N-ethyl adjacent to an activating group) is 1. The van der Waals surface area contributed by atoms with Crippen LogP contribution in [0.1, 0.15) is 30.0 Å². The van der Waals surface area contributed by atoms with Crippen molar-refractivity contribution in [2.24, 2.45) is 0 Å². The molecule has 0 aromatic heterocycles. The van der Waals surface area contributed by atoms with Crippen LogP contribution in [-0.4, -0.2) is 7.05 Å². The first-order chi connectivity index (χ1) is 9.67. The molecule has 0 amide bonds. The van der Waals surface area contributed by atoms with Gasteiger partial charge < -0.3 is 5.32 Å². The van der Waals surface area contributed by atoms with Gasteiger partial charge in [0.05, 0.1) is 0 Å². The Hall–Kier alpha value is -1.38. The van der Waals surface area contributed by atoms with Crippen molar-refractivity contribution in [3.8, 4) is 0 Å². The third-order valence-corrected chi connectivity index (χ3v) is 4.59. The fourth-order valence-electron chi connectivity index (χ4n) is 3.11. The topological polar surface area (TPSA) is 12.0 Å². The van der Waals surface area contributed by atoms with E-state index in [4.69, 9.17) is 11.6 Å². The van der Waals surface area contributed by atoms with E-state index in [0.717, 1.165) is 18.4 Å². The van der Waals surface area contributed by atoms with Gasteiger partial charge in [-0.05, 0) is 49.2 Å². The maximum Gasteiger partial charge on any atom is 0.123 e. The molecule has 2 aromatic rings. The summed E-state index contributed by atoms with van der Waals surface area (Å²) >= 11 is 6.28. The molecule has 1 aliphatic rings. The van der Waals surface area contributed by atoms with E-state index in [2.05, 4.69) is 29.6 Å². The summed E-state index contributed by atoms with van der Waals surface area (Å²) in [7, 11) is 1.91. The Morgan fingerprint density at radius 1 is 1.15 bits per heavy atom. The Morgan fingerprint density at radius 3 is 2.45 bits per heavy atom. The molecule has 0 bridgehead atoms. The van der Waals surface area contributed by atoms with Gasteiger partial charge in [-0.1, -0.05) is 41.9 Å². The molecule has 1 atom stereocenters. The first-order valence-electron chi connectivity index (χ1n) is 6.85. The molecule has 0 heterocycles. The molecule has 1 aliphatic carbocycles. The minimum atomic E-state index is -0.242. The van der Waals surface area contributed by atoms with Crippen LogP contribution >= 0.6 is 11.6 Å². The van der Waals surface area contributed by atoms with Gasteiger partial charge in [0.2, 0.25) is 0 Å². The Labute approximate surface area is 123 Å². The average molecular weight is 290 g/mol. The minimum Gasteiger partial charge on any atom is -0.312 e. The van der Waals surface area contributed by atoms with Crippen LogP contribution in [0, 0.1) is 5.82 Å². The zero-order valence-electron chi connectivity index (χ0n) is 11.4. The first-order valence-corrected chi connectivity index (χ1v) is 7.23. The van der Waals surface area contributed by atoms with Crippen molar-refractivity contribution in [2.75, 3.05) is 7.05 Å². The lowest BCUT2D eigenvalue weighted by atomic mass is 9.84. The van der Waals surface area contributed by atoms with Crippen LogP contribution in [0.3, 0.4) is 0 Å². The second-order valence-corrected chi connectivity index (χ2v) is 5.82. The van der Waals surface area contributed by atoms with Crippen molar-refractivity contribution in [1.82, 2.24) is 5.32 Å². The van der Waals surface area contributed by atoms with Gasteiger partial charge in [0, 0.05) is 16.5 Å². The smallest absolute Gasteiger partial charge is 0.123 e. The van der Waals surface area contributed by atoms with E-state index in [1.54, 1.807) is 12.1 Å². The molecular weight excluding hydrogens is 273 g/mol. The maximum atomic E-state index is 13.6. The minimum absolute atomic E-state index is 0.0352. The third-order valence-electron chi connectivity index (χ3n) is 4.25. The summed E-state index contributed by atoms with van der Waals surface area (Å²) in [6.45, 7) is 0. The van der Waals surface area contributed by atoms with Gasteiger partial charge >= 0.3 is 0 Å². The number of nitrogens with one attached hydrogen (secondary N) is 1. The van der Waals surface area contributed by atoms with Crippen molar-refractivity contribution < 1.29 is 4.39 Å². The molecule has 1 unspecified atom stereocenters. The number of hydrogen-bond donors (Lipinski definition) is 1. The Balaban J connectivity index is 2.04. The van der Waals surface area contributed by atoms with Crippen LogP contribution in [-0.2, 0) is 5.41 Å². The predicted octanol–water partition coefficient (Wildman–Crippen LogP) is 4.47. The number of rotatable bonds is 4.